The van der Waals surface area contributed by atoms with Crippen molar-refractivity contribution < 1.29 is 14.6 Å². The van der Waals surface area contributed by atoms with E-state index in [0.717, 1.165) is 22.7 Å². The Morgan fingerprint density at radius 3 is 2.96 bits per heavy atom. The van der Waals surface area contributed by atoms with E-state index in [1.807, 2.05) is 35.7 Å². The lowest BCUT2D eigenvalue weighted by molar-refractivity contribution is -0.130. The molecule has 0 aliphatic carbocycles. The Labute approximate surface area is 145 Å². The summed E-state index contributed by atoms with van der Waals surface area (Å²) >= 11 is 1.44. The second-order valence-corrected chi connectivity index (χ2v) is 6.79. The standard InChI is InChI=1S/C17H21N3O3S/c1-11-13-9-15(23-3)14(21)8-12(13)4-6-20(11)16(22)10-24-17-18-5-7-19(17)2/h5,7-9,11,21H,4,6,10H2,1-3H3/t11-/m0/s1. The molecule has 3 rings (SSSR count). The Bertz CT molecular complexity index is 760. The Kier molecular flexibility index (Phi) is 4.71. The van der Waals surface area contributed by atoms with Crippen LogP contribution in [0.25, 0.3) is 0 Å². The largest absolute Gasteiger partial charge is 0.504 e. The molecule has 0 fully saturated rings. The first kappa shape index (κ1) is 16.7. The van der Waals surface area contributed by atoms with Gasteiger partial charge < -0.3 is 19.3 Å². The van der Waals surface area contributed by atoms with Crippen LogP contribution in [0.1, 0.15) is 24.1 Å². The zero-order valence-corrected chi connectivity index (χ0v) is 14.8. The number of benzene rings is 1. The number of ether oxygens (including phenoxy) is 1. The van der Waals surface area contributed by atoms with E-state index in [2.05, 4.69) is 4.98 Å². The molecule has 0 bridgehead atoms. The number of amides is 1. The Morgan fingerprint density at radius 1 is 1.50 bits per heavy atom. The zero-order valence-electron chi connectivity index (χ0n) is 14.0. The van der Waals surface area contributed by atoms with Gasteiger partial charge in [-0.3, -0.25) is 4.79 Å². The highest BCUT2D eigenvalue weighted by Crippen LogP contribution is 2.37. The highest BCUT2D eigenvalue weighted by molar-refractivity contribution is 7.99. The van der Waals surface area contributed by atoms with Crippen molar-refractivity contribution in [2.24, 2.45) is 7.05 Å². The van der Waals surface area contributed by atoms with E-state index >= 15 is 0 Å². The first-order valence-electron chi connectivity index (χ1n) is 7.80. The van der Waals surface area contributed by atoms with E-state index in [9.17, 15) is 9.90 Å². The summed E-state index contributed by atoms with van der Waals surface area (Å²) in [5.74, 6) is 1.04. The molecule has 1 N–H and O–H groups in total. The molecule has 1 atom stereocenters. The molecule has 0 radical (unpaired) electrons. The lowest BCUT2D eigenvalue weighted by atomic mass is 9.93. The molecule has 1 amide bonds. The molecule has 2 heterocycles. The predicted octanol–water partition coefficient (Wildman–Crippen LogP) is 2.37. The van der Waals surface area contributed by atoms with Gasteiger partial charge in [-0.05, 0) is 36.6 Å². The van der Waals surface area contributed by atoms with Crippen molar-refractivity contribution in [1.82, 2.24) is 14.5 Å². The first-order chi connectivity index (χ1) is 11.5. The van der Waals surface area contributed by atoms with Crippen molar-refractivity contribution in [3.63, 3.8) is 0 Å². The molecular formula is C17H21N3O3S. The molecular weight excluding hydrogens is 326 g/mol. The molecule has 1 aliphatic heterocycles. The number of hydrogen-bond donors (Lipinski definition) is 1. The maximum atomic E-state index is 12.6. The van der Waals surface area contributed by atoms with E-state index in [0.29, 0.717) is 18.0 Å². The van der Waals surface area contributed by atoms with Crippen molar-refractivity contribution in [1.29, 1.82) is 0 Å². The second kappa shape index (κ2) is 6.76. The summed E-state index contributed by atoms with van der Waals surface area (Å²) in [6.07, 6.45) is 4.33. The molecule has 0 spiro atoms. The van der Waals surface area contributed by atoms with Crippen LogP contribution in [0.3, 0.4) is 0 Å². The molecule has 128 valence electrons. The van der Waals surface area contributed by atoms with Crippen molar-refractivity contribution in [2.75, 3.05) is 19.4 Å². The number of aryl methyl sites for hydroxylation is 1. The van der Waals surface area contributed by atoms with Crippen LogP contribution in [-0.2, 0) is 18.3 Å². The Morgan fingerprint density at radius 2 is 2.29 bits per heavy atom. The van der Waals surface area contributed by atoms with Gasteiger partial charge in [0.1, 0.15) is 0 Å². The summed E-state index contributed by atoms with van der Waals surface area (Å²) in [7, 11) is 3.44. The molecule has 1 aliphatic rings. The average Bonchev–Trinajstić information content (AvgIpc) is 2.97. The fourth-order valence-corrected chi connectivity index (χ4v) is 3.86. The summed E-state index contributed by atoms with van der Waals surface area (Å²) in [5, 5.41) is 10.8. The molecule has 7 heteroatoms. The maximum absolute atomic E-state index is 12.6. The minimum Gasteiger partial charge on any atom is -0.504 e. The van der Waals surface area contributed by atoms with Gasteiger partial charge in [-0.25, -0.2) is 4.98 Å². The van der Waals surface area contributed by atoms with Gasteiger partial charge in [0.25, 0.3) is 0 Å². The van der Waals surface area contributed by atoms with E-state index in [-0.39, 0.29) is 17.7 Å². The van der Waals surface area contributed by atoms with Crippen LogP contribution >= 0.6 is 11.8 Å². The highest BCUT2D eigenvalue weighted by atomic mass is 32.2. The fraction of sp³-hybridized carbons (Fsp3) is 0.412. The first-order valence-corrected chi connectivity index (χ1v) is 8.79. The summed E-state index contributed by atoms with van der Waals surface area (Å²) in [5.41, 5.74) is 2.10. The summed E-state index contributed by atoms with van der Waals surface area (Å²) in [6.45, 7) is 2.66. The van der Waals surface area contributed by atoms with Crippen LogP contribution in [-0.4, -0.2) is 44.9 Å². The number of carbonyl (C=O) groups excluding carboxylic acids is 1. The number of nitrogens with zero attached hydrogens (tertiary/aromatic N) is 3. The average molecular weight is 347 g/mol. The van der Waals surface area contributed by atoms with Crippen LogP contribution < -0.4 is 4.74 Å². The van der Waals surface area contributed by atoms with Crippen LogP contribution in [0, 0.1) is 0 Å². The van der Waals surface area contributed by atoms with Gasteiger partial charge in [0, 0.05) is 26.0 Å². The number of methoxy groups -OCH3 is 1. The topological polar surface area (TPSA) is 67.6 Å². The van der Waals surface area contributed by atoms with Gasteiger partial charge in [-0.15, -0.1) is 0 Å². The van der Waals surface area contributed by atoms with E-state index in [4.69, 9.17) is 4.74 Å². The normalized spacial score (nSPS) is 16.8. The number of imidazole rings is 1. The minimum atomic E-state index is -0.0438. The van der Waals surface area contributed by atoms with Crippen LogP contribution in [0.5, 0.6) is 11.5 Å². The molecule has 0 saturated carbocycles. The number of phenolic OH excluding ortho intramolecular Hbond substituents is 1. The van der Waals surface area contributed by atoms with Crippen molar-refractivity contribution in [3.05, 3.63) is 35.7 Å². The van der Waals surface area contributed by atoms with Crippen molar-refractivity contribution in [2.45, 2.75) is 24.5 Å². The number of aromatic hydroxyl groups is 1. The number of carbonyl (C=O) groups is 1. The Hall–Kier alpha value is -2.15. The second-order valence-electron chi connectivity index (χ2n) is 5.85. The fourth-order valence-electron chi connectivity index (χ4n) is 3.04. The Balaban J connectivity index is 1.74. The van der Waals surface area contributed by atoms with E-state index in [1.54, 1.807) is 12.3 Å². The molecule has 1 aromatic heterocycles. The van der Waals surface area contributed by atoms with Gasteiger partial charge in [0.15, 0.2) is 16.7 Å². The van der Waals surface area contributed by atoms with Gasteiger partial charge in [0.05, 0.1) is 18.9 Å². The molecule has 2 aromatic rings. The van der Waals surface area contributed by atoms with Gasteiger partial charge in [-0.1, -0.05) is 11.8 Å². The smallest absolute Gasteiger partial charge is 0.233 e. The molecule has 0 unspecified atom stereocenters. The van der Waals surface area contributed by atoms with Gasteiger partial charge in [0.2, 0.25) is 5.91 Å². The zero-order chi connectivity index (χ0) is 17.3. The molecule has 6 nitrogen and oxygen atoms in total. The van der Waals surface area contributed by atoms with Crippen LogP contribution in [0.15, 0.2) is 29.7 Å². The highest BCUT2D eigenvalue weighted by Gasteiger charge is 2.29. The monoisotopic (exact) mass is 347 g/mol. The summed E-state index contributed by atoms with van der Waals surface area (Å²) in [6, 6.07) is 3.54. The number of aromatic nitrogens is 2. The van der Waals surface area contributed by atoms with Gasteiger partial charge in [-0.2, -0.15) is 0 Å². The maximum Gasteiger partial charge on any atom is 0.233 e. The molecule has 1 aromatic carbocycles. The quantitative estimate of drug-likeness (QED) is 0.860. The third-order valence-electron chi connectivity index (χ3n) is 4.40. The molecule has 0 saturated heterocycles. The molecule has 24 heavy (non-hydrogen) atoms. The van der Waals surface area contributed by atoms with Crippen molar-refractivity contribution >= 4 is 17.7 Å². The van der Waals surface area contributed by atoms with Crippen LogP contribution in [0.4, 0.5) is 0 Å². The number of thioether (sulfide) groups is 1. The van der Waals surface area contributed by atoms with Crippen molar-refractivity contribution in [3.8, 4) is 11.5 Å². The number of fused-ring (bicyclic) bond motifs is 1. The predicted molar refractivity (Wildman–Crippen MR) is 92.4 cm³/mol. The van der Waals surface area contributed by atoms with E-state index < -0.39 is 0 Å². The third kappa shape index (κ3) is 3.08. The third-order valence-corrected chi connectivity index (χ3v) is 5.45. The van der Waals surface area contributed by atoms with Gasteiger partial charge >= 0.3 is 0 Å². The SMILES string of the molecule is COc1cc2c(cc1O)CCN(C(=O)CSc1nccn1C)[C@H]2C. The number of hydrogen-bond acceptors (Lipinski definition) is 5. The minimum absolute atomic E-state index is 0.0438. The number of phenols is 1. The lowest BCUT2D eigenvalue weighted by Gasteiger charge is -2.35. The van der Waals surface area contributed by atoms with Crippen LogP contribution in [0.2, 0.25) is 0 Å². The summed E-state index contributed by atoms with van der Waals surface area (Å²) < 4.78 is 7.10. The van der Waals surface area contributed by atoms with E-state index in [1.165, 1.54) is 18.9 Å². The summed E-state index contributed by atoms with van der Waals surface area (Å²) in [4.78, 5) is 18.7. The number of rotatable bonds is 4. The lowest BCUT2D eigenvalue weighted by Crippen LogP contribution is -2.39.